The van der Waals surface area contributed by atoms with Crippen molar-refractivity contribution in [3.8, 4) is 5.75 Å². The third-order valence-corrected chi connectivity index (χ3v) is 5.12. The third-order valence-electron chi connectivity index (χ3n) is 5.12. The highest BCUT2D eigenvalue weighted by atomic mass is 16.5. The number of carbonyl (C=O) groups is 1. The van der Waals surface area contributed by atoms with Gasteiger partial charge in [0.25, 0.3) is 5.91 Å². The van der Waals surface area contributed by atoms with Crippen LogP contribution in [0.15, 0.2) is 52.1 Å². The number of hydrogen-bond donors (Lipinski definition) is 3. The molecular weight excluding hydrogens is 398 g/mol. The molecule has 9 heteroatoms. The number of aliphatic imine (C=N–C) groups is 1. The van der Waals surface area contributed by atoms with Crippen LogP contribution in [0.4, 0.5) is 0 Å². The molecule has 3 N–H and O–H groups in total. The van der Waals surface area contributed by atoms with Crippen molar-refractivity contribution in [2.45, 2.75) is 6.04 Å². The Labute approximate surface area is 182 Å². The standard InChI is InChI=1S/C22H31N5O4/c1-23-22(25-10-9-24-21(28)20-4-3-13-31-20)26-16-19(27-11-14-30-15-12-27)17-5-7-18(29-2)8-6-17/h3-8,13,19H,9-12,14-16H2,1-2H3,(H,24,28)(H2,23,25,26). The van der Waals surface area contributed by atoms with Crippen LogP contribution in [0.25, 0.3) is 0 Å². The van der Waals surface area contributed by atoms with Crippen molar-refractivity contribution < 1.29 is 18.7 Å². The zero-order valence-corrected chi connectivity index (χ0v) is 18.1. The average molecular weight is 430 g/mol. The van der Waals surface area contributed by atoms with E-state index in [0.29, 0.717) is 31.4 Å². The molecule has 1 aliphatic heterocycles. The molecule has 0 spiro atoms. The van der Waals surface area contributed by atoms with Crippen LogP contribution in [0.2, 0.25) is 0 Å². The predicted molar refractivity (Wildman–Crippen MR) is 119 cm³/mol. The highest BCUT2D eigenvalue weighted by Gasteiger charge is 2.23. The lowest BCUT2D eigenvalue weighted by atomic mass is 10.0. The van der Waals surface area contributed by atoms with Crippen LogP contribution >= 0.6 is 0 Å². The summed E-state index contributed by atoms with van der Waals surface area (Å²) < 4.78 is 15.9. The van der Waals surface area contributed by atoms with Crippen LogP contribution in [0.1, 0.15) is 22.2 Å². The number of amides is 1. The Morgan fingerprint density at radius 1 is 1.13 bits per heavy atom. The zero-order chi connectivity index (χ0) is 21.9. The largest absolute Gasteiger partial charge is 0.497 e. The highest BCUT2D eigenvalue weighted by Crippen LogP contribution is 2.23. The fraction of sp³-hybridized carbons (Fsp3) is 0.455. The predicted octanol–water partition coefficient (Wildman–Crippen LogP) is 1.26. The monoisotopic (exact) mass is 429 g/mol. The highest BCUT2D eigenvalue weighted by molar-refractivity contribution is 5.91. The number of nitrogens with zero attached hydrogens (tertiary/aromatic N) is 2. The van der Waals surface area contributed by atoms with E-state index in [9.17, 15) is 4.79 Å². The first kappa shape index (κ1) is 22.6. The first-order chi connectivity index (χ1) is 15.2. The first-order valence-electron chi connectivity index (χ1n) is 10.4. The van der Waals surface area contributed by atoms with Crippen LogP contribution in [-0.2, 0) is 4.74 Å². The lowest BCUT2D eigenvalue weighted by Crippen LogP contribution is -2.47. The summed E-state index contributed by atoms with van der Waals surface area (Å²) in [5.41, 5.74) is 1.20. The number of nitrogens with one attached hydrogen (secondary N) is 3. The van der Waals surface area contributed by atoms with Crippen molar-refractivity contribution >= 4 is 11.9 Å². The fourth-order valence-corrected chi connectivity index (χ4v) is 3.44. The van der Waals surface area contributed by atoms with Crippen molar-refractivity contribution in [1.29, 1.82) is 0 Å². The van der Waals surface area contributed by atoms with Crippen LogP contribution in [0.5, 0.6) is 5.75 Å². The third kappa shape index (κ3) is 6.73. The Bertz CT molecular complexity index is 817. The summed E-state index contributed by atoms with van der Waals surface area (Å²) in [7, 11) is 3.40. The molecule has 3 rings (SSSR count). The maximum absolute atomic E-state index is 11.9. The lowest BCUT2D eigenvalue weighted by Gasteiger charge is -2.35. The number of methoxy groups -OCH3 is 1. The van der Waals surface area contributed by atoms with E-state index in [1.165, 1.54) is 11.8 Å². The number of hydrogen-bond acceptors (Lipinski definition) is 6. The topological polar surface area (TPSA) is 100 Å². The van der Waals surface area contributed by atoms with Crippen molar-refractivity contribution in [2.24, 2.45) is 4.99 Å². The van der Waals surface area contributed by atoms with E-state index in [0.717, 1.165) is 32.1 Å². The van der Waals surface area contributed by atoms with Gasteiger partial charge in [-0.3, -0.25) is 14.7 Å². The van der Waals surface area contributed by atoms with Crippen LogP contribution in [-0.4, -0.2) is 76.9 Å². The van der Waals surface area contributed by atoms with Crippen molar-refractivity contribution in [1.82, 2.24) is 20.9 Å². The SMILES string of the molecule is CN=C(NCCNC(=O)c1ccco1)NCC(c1ccc(OC)cc1)N1CCOCC1. The van der Waals surface area contributed by atoms with Crippen molar-refractivity contribution in [2.75, 3.05) is 60.1 Å². The molecule has 9 nitrogen and oxygen atoms in total. The van der Waals surface area contributed by atoms with Gasteiger partial charge in [0.2, 0.25) is 0 Å². The maximum atomic E-state index is 11.9. The van der Waals surface area contributed by atoms with Gasteiger partial charge in [-0.15, -0.1) is 0 Å². The van der Waals surface area contributed by atoms with Gasteiger partial charge >= 0.3 is 0 Å². The summed E-state index contributed by atoms with van der Waals surface area (Å²) in [6.45, 7) is 4.89. The van der Waals surface area contributed by atoms with Gasteiger partial charge in [0, 0.05) is 39.8 Å². The van der Waals surface area contributed by atoms with E-state index in [4.69, 9.17) is 13.9 Å². The van der Waals surface area contributed by atoms with Gasteiger partial charge in [-0.1, -0.05) is 12.1 Å². The quantitative estimate of drug-likeness (QED) is 0.313. The molecule has 1 aromatic carbocycles. The van der Waals surface area contributed by atoms with E-state index < -0.39 is 0 Å². The summed E-state index contributed by atoms with van der Waals surface area (Å²) in [4.78, 5) is 18.6. The van der Waals surface area contributed by atoms with E-state index in [2.05, 4.69) is 38.0 Å². The van der Waals surface area contributed by atoms with Gasteiger partial charge in [0.15, 0.2) is 11.7 Å². The second-order valence-electron chi connectivity index (χ2n) is 7.05. The van der Waals surface area contributed by atoms with Crippen molar-refractivity contribution in [3.05, 3.63) is 54.0 Å². The van der Waals surface area contributed by atoms with E-state index >= 15 is 0 Å². The molecule has 1 unspecified atom stereocenters. The fourth-order valence-electron chi connectivity index (χ4n) is 3.44. The van der Waals surface area contributed by atoms with Crippen LogP contribution in [0, 0.1) is 0 Å². The number of guanidine groups is 1. The average Bonchev–Trinajstić information content (AvgIpc) is 3.36. The van der Waals surface area contributed by atoms with Crippen LogP contribution < -0.4 is 20.7 Å². The molecule has 1 aliphatic rings. The number of carbonyl (C=O) groups excluding carboxylic acids is 1. The maximum Gasteiger partial charge on any atom is 0.287 e. The molecule has 0 radical (unpaired) electrons. The summed E-state index contributed by atoms with van der Waals surface area (Å²) in [5, 5.41) is 9.44. The van der Waals surface area contributed by atoms with E-state index in [1.54, 1.807) is 26.3 Å². The minimum Gasteiger partial charge on any atom is -0.497 e. The molecule has 1 atom stereocenters. The Balaban J connectivity index is 1.51. The molecule has 31 heavy (non-hydrogen) atoms. The Kier molecular flexibility index (Phi) is 8.74. The molecule has 0 saturated carbocycles. The summed E-state index contributed by atoms with van der Waals surface area (Å²) in [6.07, 6.45) is 1.48. The number of ether oxygens (including phenoxy) is 2. The number of benzene rings is 1. The molecule has 2 heterocycles. The Morgan fingerprint density at radius 3 is 2.52 bits per heavy atom. The number of rotatable bonds is 9. The minimum absolute atomic E-state index is 0.173. The second-order valence-corrected chi connectivity index (χ2v) is 7.05. The molecule has 168 valence electrons. The number of furan rings is 1. The summed E-state index contributed by atoms with van der Waals surface area (Å²) in [6, 6.07) is 11.7. The normalized spacial score (nSPS) is 15.9. The Morgan fingerprint density at radius 2 is 1.87 bits per heavy atom. The molecule has 1 fully saturated rings. The van der Waals surface area contributed by atoms with Crippen LogP contribution in [0.3, 0.4) is 0 Å². The molecule has 1 aromatic heterocycles. The number of morpholine rings is 1. The van der Waals surface area contributed by atoms with Gasteiger partial charge in [-0.2, -0.15) is 0 Å². The van der Waals surface area contributed by atoms with Gasteiger partial charge < -0.3 is 29.8 Å². The van der Waals surface area contributed by atoms with Gasteiger partial charge in [0.05, 0.1) is 32.6 Å². The summed E-state index contributed by atoms with van der Waals surface area (Å²) >= 11 is 0. The van der Waals surface area contributed by atoms with Gasteiger partial charge in [-0.05, 0) is 29.8 Å². The molecule has 1 amide bonds. The molecule has 2 aromatic rings. The minimum atomic E-state index is -0.235. The summed E-state index contributed by atoms with van der Waals surface area (Å²) in [5.74, 6) is 1.59. The molecule has 0 aliphatic carbocycles. The first-order valence-corrected chi connectivity index (χ1v) is 10.4. The van der Waals surface area contributed by atoms with E-state index in [1.807, 2.05) is 12.1 Å². The molecular formula is C22H31N5O4. The second kappa shape index (κ2) is 12.0. The van der Waals surface area contributed by atoms with Gasteiger partial charge in [-0.25, -0.2) is 0 Å². The van der Waals surface area contributed by atoms with E-state index in [-0.39, 0.29) is 11.9 Å². The lowest BCUT2D eigenvalue weighted by molar-refractivity contribution is 0.0170. The molecule has 0 bridgehead atoms. The zero-order valence-electron chi connectivity index (χ0n) is 18.1. The smallest absolute Gasteiger partial charge is 0.287 e. The molecule has 1 saturated heterocycles. The van der Waals surface area contributed by atoms with Gasteiger partial charge in [0.1, 0.15) is 5.75 Å². The Hall–Kier alpha value is -3.04. The van der Waals surface area contributed by atoms with Crippen molar-refractivity contribution in [3.63, 3.8) is 0 Å².